The maximum absolute atomic E-state index is 11.6. The molecule has 3 N–H and O–H groups in total. The second-order valence-electron chi connectivity index (χ2n) is 5.28. The molecule has 0 heterocycles. The van der Waals surface area contributed by atoms with Gasteiger partial charge in [-0.05, 0) is 38.0 Å². The first-order valence-corrected chi connectivity index (χ1v) is 7.44. The average Bonchev–Trinajstić information content (AvgIpc) is 2.43. The summed E-state index contributed by atoms with van der Waals surface area (Å²) in [6, 6.07) is 7.50. The zero-order valence-corrected chi connectivity index (χ0v) is 13.1. The zero-order valence-electron chi connectivity index (χ0n) is 13.1. The third-order valence-electron chi connectivity index (χ3n) is 3.00. The van der Waals surface area contributed by atoms with E-state index in [1.165, 1.54) is 0 Å². The first kappa shape index (κ1) is 17.3. The molecule has 2 amide bonds. The molecule has 0 fully saturated rings. The van der Waals surface area contributed by atoms with Gasteiger partial charge in [0.2, 0.25) is 0 Å². The van der Waals surface area contributed by atoms with Crippen LogP contribution in [0.3, 0.4) is 0 Å². The minimum atomic E-state index is -0.485. The third kappa shape index (κ3) is 7.56. The van der Waals surface area contributed by atoms with Gasteiger partial charge in [-0.15, -0.1) is 0 Å². The Balaban J connectivity index is 2.23. The zero-order chi connectivity index (χ0) is 15.7. The topological polar surface area (TPSA) is 70.6 Å². The van der Waals surface area contributed by atoms with Gasteiger partial charge in [-0.2, -0.15) is 0 Å². The first-order valence-electron chi connectivity index (χ1n) is 7.44. The van der Waals surface area contributed by atoms with Crippen molar-refractivity contribution in [3.05, 3.63) is 29.8 Å². The molecule has 0 spiro atoms. The molecule has 2 unspecified atom stereocenters. The van der Waals surface area contributed by atoms with E-state index in [0.29, 0.717) is 13.0 Å². The molecule has 0 bridgehead atoms. The molecule has 1 rings (SSSR count). The number of amides is 2. The number of aliphatic hydroxyl groups is 1. The Hall–Kier alpha value is -1.75. The summed E-state index contributed by atoms with van der Waals surface area (Å²) in [6.07, 6.45) is 0.971. The quantitative estimate of drug-likeness (QED) is 0.688. The van der Waals surface area contributed by atoms with Crippen molar-refractivity contribution in [3.8, 4) is 5.75 Å². The molecule has 1 aromatic rings. The Bertz CT molecular complexity index is 437. The normalized spacial score (nSPS) is 13.3. The number of nitrogens with one attached hydrogen (secondary N) is 2. The maximum atomic E-state index is 11.6. The Morgan fingerprint density at radius 1 is 1.33 bits per heavy atom. The Labute approximate surface area is 126 Å². The molecule has 0 aliphatic rings. The molecule has 0 saturated carbocycles. The van der Waals surface area contributed by atoms with Gasteiger partial charge < -0.3 is 20.5 Å². The highest BCUT2D eigenvalue weighted by Gasteiger charge is 2.08. The standard InChI is InChI=1S/C16H26N2O3/c1-4-6-14(19)11-18-16(20)17-10-13(3)21-15-8-5-7-12(2)9-15/h5,7-9,13-14,19H,4,6,10-11H2,1-3H3,(H2,17,18,20). The molecule has 0 aliphatic carbocycles. The van der Waals surface area contributed by atoms with E-state index in [1.807, 2.05) is 45.0 Å². The fraction of sp³-hybridized carbons (Fsp3) is 0.562. The number of ether oxygens (including phenoxy) is 1. The van der Waals surface area contributed by atoms with E-state index in [0.717, 1.165) is 17.7 Å². The van der Waals surface area contributed by atoms with Gasteiger partial charge in [0.25, 0.3) is 0 Å². The third-order valence-corrected chi connectivity index (χ3v) is 3.00. The highest BCUT2D eigenvalue weighted by atomic mass is 16.5. The lowest BCUT2D eigenvalue weighted by Crippen LogP contribution is -2.43. The van der Waals surface area contributed by atoms with Crippen LogP contribution in [0.4, 0.5) is 4.79 Å². The number of rotatable bonds is 8. The fourth-order valence-corrected chi connectivity index (χ4v) is 1.91. The number of aliphatic hydroxyl groups excluding tert-OH is 1. The average molecular weight is 294 g/mol. The van der Waals surface area contributed by atoms with E-state index in [-0.39, 0.29) is 18.7 Å². The van der Waals surface area contributed by atoms with Gasteiger partial charge in [0.1, 0.15) is 11.9 Å². The Kier molecular flexibility index (Phi) is 7.61. The van der Waals surface area contributed by atoms with Crippen LogP contribution in [-0.2, 0) is 0 Å². The smallest absolute Gasteiger partial charge is 0.315 e. The van der Waals surface area contributed by atoms with Crippen LogP contribution in [0.25, 0.3) is 0 Å². The minimum Gasteiger partial charge on any atom is -0.489 e. The minimum absolute atomic E-state index is 0.127. The largest absolute Gasteiger partial charge is 0.489 e. The van der Waals surface area contributed by atoms with Crippen LogP contribution in [0, 0.1) is 6.92 Å². The number of hydrogen-bond acceptors (Lipinski definition) is 3. The summed E-state index contributed by atoms with van der Waals surface area (Å²) in [7, 11) is 0. The molecule has 118 valence electrons. The van der Waals surface area contributed by atoms with Gasteiger partial charge in [-0.1, -0.05) is 25.5 Å². The number of urea groups is 1. The molecule has 0 aliphatic heterocycles. The lowest BCUT2D eigenvalue weighted by atomic mass is 10.2. The highest BCUT2D eigenvalue weighted by molar-refractivity contribution is 5.73. The van der Waals surface area contributed by atoms with E-state index in [9.17, 15) is 9.90 Å². The van der Waals surface area contributed by atoms with E-state index in [2.05, 4.69) is 10.6 Å². The lowest BCUT2D eigenvalue weighted by Gasteiger charge is -2.17. The van der Waals surface area contributed by atoms with Crippen LogP contribution in [0.2, 0.25) is 0 Å². The number of carbonyl (C=O) groups is 1. The van der Waals surface area contributed by atoms with Crippen molar-refractivity contribution in [2.75, 3.05) is 13.1 Å². The summed E-state index contributed by atoms with van der Waals surface area (Å²) in [4.78, 5) is 11.6. The van der Waals surface area contributed by atoms with Crippen molar-refractivity contribution in [2.45, 2.75) is 45.8 Å². The predicted octanol–water partition coefficient (Wildman–Crippen LogP) is 2.22. The van der Waals surface area contributed by atoms with Gasteiger partial charge in [0, 0.05) is 6.54 Å². The van der Waals surface area contributed by atoms with Crippen LogP contribution in [-0.4, -0.2) is 36.4 Å². The Morgan fingerprint density at radius 3 is 2.71 bits per heavy atom. The van der Waals surface area contributed by atoms with Crippen molar-refractivity contribution < 1.29 is 14.6 Å². The maximum Gasteiger partial charge on any atom is 0.315 e. The molecule has 0 saturated heterocycles. The lowest BCUT2D eigenvalue weighted by molar-refractivity contribution is 0.159. The number of hydrogen-bond donors (Lipinski definition) is 3. The molecule has 0 aromatic heterocycles. The number of aryl methyl sites for hydroxylation is 1. The van der Waals surface area contributed by atoms with Gasteiger partial charge >= 0.3 is 6.03 Å². The molecule has 5 nitrogen and oxygen atoms in total. The molecule has 21 heavy (non-hydrogen) atoms. The summed E-state index contributed by atoms with van der Waals surface area (Å²) in [5, 5.41) is 14.9. The molecular formula is C16H26N2O3. The summed E-state index contributed by atoms with van der Waals surface area (Å²) < 4.78 is 5.72. The fourth-order valence-electron chi connectivity index (χ4n) is 1.91. The first-order chi connectivity index (χ1) is 10.0. The van der Waals surface area contributed by atoms with Crippen molar-refractivity contribution in [1.82, 2.24) is 10.6 Å². The molecule has 1 aromatic carbocycles. The highest BCUT2D eigenvalue weighted by Crippen LogP contribution is 2.13. The second kappa shape index (κ2) is 9.23. The van der Waals surface area contributed by atoms with Gasteiger partial charge in [-0.3, -0.25) is 0 Å². The molecule has 5 heteroatoms. The SMILES string of the molecule is CCCC(O)CNC(=O)NCC(C)Oc1cccc(C)c1. The van der Waals surface area contributed by atoms with E-state index >= 15 is 0 Å². The summed E-state index contributed by atoms with van der Waals surface area (Å²) in [6.45, 7) is 6.57. The van der Waals surface area contributed by atoms with Crippen molar-refractivity contribution in [3.63, 3.8) is 0 Å². The summed E-state index contributed by atoms with van der Waals surface area (Å²) >= 11 is 0. The van der Waals surface area contributed by atoms with Crippen LogP contribution < -0.4 is 15.4 Å². The predicted molar refractivity (Wildman–Crippen MR) is 83.6 cm³/mol. The Morgan fingerprint density at radius 2 is 2.05 bits per heavy atom. The van der Waals surface area contributed by atoms with E-state index < -0.39 is 6.10 Å². The van der Waals surface area contributed by atoms with Crippen molar-refractivity contribution in [1.29, 1.82) is 0 Å². The van der Waals surface area contributed by atoms with Gasteiger partial charge in [-0.25, -0.2) is 4.79 Å². The second-order valence-corrected chi connectivity index (χ2v) is 5.28. The summed E-state index contributed by atoms with van der Waals surface area (Å²) in [5.74, 6) is 0.795. The molecule has 0 radical (unpaired) electrons. The van der Waals surface area contributed by atoms with Gasteiger partial charge in [0.05, 0.1) is 12.6 Å². The van der Waals surface area contributed by atoms with Crippen LogP contribution in [0.1, 0.15) is 32.3 Å². The van der Waals surface area contributed by atoms with Crippen molar-refractivity contribution in [2.24, 2.45) is 0 Å². The van der Waals surface area contributed by atoms with Crippen LogP contribution in [0.15, 0.2) is 24.3 Å². The number of benzene rings is 1. The molecule has 2 atom stereocenters. The van der Waals surface area contributed by atoms with Gasteiger partial charge in [0.15, 0.2) is 0 Å². The van der Waals surface area contributed by atoms with Crippen molar-refractivity contribution >= 4 is 6.03 Å². The van der Waals surface area contributed by atoms with E-state index in [4.69, 9.17) is 4.74 Å². The monoisotopic (exact) mass is 294 g/mol. The van der Waals surface area contributed by atoms with Crippen LogP contribution >= 0.6 is 0 Å². The summed E-state index contributed by atoms with van der Waals surface area (Å²) in [5.41, 5.74) is 1.13. The van der Waals surface area contributed by atoms with Crippen LogP contribution in [0.5, 0.6) is 5.75 Å². The van der Waals surface area contributed by atoms with E-state index in [1.54, 1.807) is 0 Å². The molecular weight excluding hydrogens is 268 g/mol. The number of carbonyl (C=O) groups excluding carboxylic acids is 1.